The molecule has 1 aromatic heterocycles. The molecule has 0 radical (unpaired) electrons. The first-order valence-electron chi connectivity index (χ1n) is 6.19. The third-order valence-corrected chi connectivity index (χ3v) is 4.03. The lowest BCUT2D eigenvalue weighted by Gasteiger charge is -2.30. The molecule has 2 aromatic rings. The number of benzene rings is 1. The van der Waals surface area contributed by atoms with Gasteiger partial charge in [-0.15, -0.1) is 0 Å². The van der Waals surface area contributed by atoms with E-state index < -0.39 is 0 Å². The largest absolute Gasteiger partial charge is 0.357 e. The molecule has 0 fully saturated rings. The summed E-state index contributed by atoms with van der Waals surface area (Å²) in [6, 6.07) is 6.76. The Morgan fingerprint density at radius 3 is 2.94 bits per heavy atom. The van der Waals surface area contributed by atoms with E-state index in [2.05, 4.69) is 29.8 Å². The number of aromatic amines is 1. The van der Waals surface area contributed by atoms with Crippen molar-refractivity contribution >= 4 is 22.5 Å². The Labute approximate surface area is 107 Å². The molecule has 1 aliphatic heterocycles. The van der Waals surface area contributed by atoms with Gasteiger partial charge >= 0.3 is 0 Å². The fourth-order valence-electron chi connectivity index (χ4n) is 2.66. The molecule has 3 heteroatoms. The predicted molar refractivity (Wildman–Crippen MR) is 72.6 cm³/mol. The molecule has 0 saturated carbocycles. The van der Waals surface area contributed by atoms with Crippen LogP contribution in [0.3, 0.4) is 0 Å². The van der Waals surface area contributed by atoms with Crippen molar-refractivity contribution in [3.63, 3.8) is 0 Å². The van der Waals surface area contributed by atoms with Crippen LogP contribution in [0.4, 0.5) is 0 Å². The molecule has 1 N–H and O–H groups in total. The number of halogens is 1. The Balaban J connectivity index is 2.12. The van der Waals surface area contributed by atoms with Crippen LogP contribution in [0.2, 0.25) is 5.02 Å². The van der Waals surface area contributed by atoms with Gasteiger partial charge in [-0.1, -0.05) is 23.7 Å². The van der Waals surface area contributed by atoms with Crippen LogP contribution in [0.15, 0.2) is 18.2 Å². The first-order chi connectivity index (χ1) is 8.16. The molecule has 0 amide bonds. The van der Waals surface area contributed by atoms with Crippen LogP contribution in [-0.2, 0) is 13.0 Å². The van der Waals surface area contributed by atoms with E-state index in [1.807, 2.05) is 12.1 Å². The van der Waals surface area contributed by atoms with Crippen LogP contribution >= 0.6 is 11.6 Å². The quantitative estimate of drug-likeness (QED) is 0.817. The van der Waals surface area contributed by atoms with Crippen LogP contribution in [-0.4, -0.2) is 22.5 Å². The molecular weight excluding hydrogens is 232 g/mol. The van der Waals surface area contributed by atoms with Gasteiger partial charge < -0.3 is 4.98 Å². The Kier molecular flexibility index (Phi) is 2.64. The van der Waals surface area contributed by atoms with E-state index in [4.69, 9.17) is 11.6 Å². The highest BCUT2D eigenvalue weighted by atomic mass is 35.5. The van der Waals surface area contributed by atoms with Gasteiger partial charge in [-0.3, -0.25) is 4.90 Å². The zero-order valence-corrected chi connectivity index (χ0v) is 11.0. The van der Waals surface area contributed by atoms with Gasteiger partial charge in [0.25, 0.3) is 0 Å². The number of para-hydroxylation sites is 1. The van der Waals surface area contributed by atoms with E-state index in [1.54, 1.807) is 0 Å². The summed E-state index contributed by atoms with van der Waals surface area (Å²) < 4.78 is 0. The van der Waals surface area contributed by atoms with Crippen molar-refractivity contribution in [1.29, 1.82) is 0 Å². The van der Waals surface area contributed by atoms with Gasteiger partial charge in [0, 0.05) is 36.6 Å². The van der Waals surface area contributed by atoms with Crippen molar-refractivity contribution in [3.05, 3.63) is 34.5 Å². The Morgan fingerprint density at radius 1 is 1.35 bits per heavy atom. The van der Waals surface area contributed by atoms with Gasteiger partial charge in [-0.25, -0.2) is 0 Å². The number of fused-ring (bicyclic) bond motifs is 3. The maximum absolute atomic E-state index is 6.23. The monoisotopic (exact) mass is 248 g/mol. The smallest absolute Gasteiger partial charge is 0.0648 e. The van der Waals surface area contributed by atoms with Gasteiger partial charge in [0.1, 0.15) is 0 Å². The van der Waals surface area contributed by atoms with E-state index in [9.17, 15) is 0 Å². The lowest BCUT2D eigenvalue weighted by atomic mass is 10.0. The molecule has 1 aromatic carbocycles. The lowest BCUT2D eigenvalue weighted by Crippen LogP contribution is -2.35. The molecule has 0 bridgehead atoms. The Morgan fingerprint density at radius 2 is 2.18 bits per heavy atom. The maximum atomic E-state index is 6.23. The average molecular weight is 249 g/mol. The molecule has 0 spiro atoms. The maximum Gasteiger partial charge on any atom is 0.0648 e. The minimum atomic E-state index is 0.604. The zero-order valence-electron chi connectivity index (χ0n) is 10.3. The van der Waals surface area contributed by atoms with Gasteiger partial charge in [-0.05, 0) is 25.5 Å². The number of hydrogen-bond donors (Lipinski definition) is 1. The molecule has 0 atom stereocenters. The van der Waals surface area contributed by atoms with Crippen molar-refractivity contribution in [2.24, 2.45) is 0 Å². The Bertz CT molecular complexity index is 557. The number of hydrogen-bond acceptors (Lipinski definition) is 1. The van der Waals surface area contributed by atoms with Crippen LogP contribution < -0.4 is 0 Å². The molecule has 0 saturated heterocycles. The van der Waals surface area contributed by atoms with E-state index in [-0.39, 0.29) is 0 Å². The second-order valence-electron chi connectivity index (χ2n) is 5.06. The lowest BCUT2D eigenvalue weighted by molar-refractivity contribution is 0.203. The number of rotatable bonds is 1. The van der Waals surface area contributed by atoms with E-state index in [0.29, 0.717) is 6.04 Å². The molecule has 2 nitrogen and oxygen atoms in total. The van der Waals surface area contributed by atoms with Crippen molar-refractivity contribution in [3.8, 4) is 0 Å². The molecule has 2 heterocycles. The molecule has 3 rings (SSSR count). The predicted octanol–water partition coefficient (Wildman–Crippen LogP) is 3.59. The fourth-order valence-corrected chi connectivity index (χ4v) is 2.89. The first-order valence-corrected chi connectivity index (χ1v) is 6.56. The summed E-state index contributed by atoms with van der Waals surface area (Å²) >= 11 is 6.23. The highest BCUT2D eigenvalue weighted by Gasteiger charge is 2.22. The van der Waals surface area contributed by atoms with Gasteiger partial charge in [0.2, 0.25) is 0 Å². The van der Waals surface area contributed by atoms with E-state index in [1.165, 1.54) is 16.6 Å². The molecule has 1 aliphatic rings. The van der Waals surface area contributed by atoms with E-state index in [0.717, 1.165) is 30.0 Å². The zero-order chi connectivity index (χ0) is 12.0. The van der Waals surface area contributed by atoms with E-state index >= 15 is 0 Å². The molecule has 0 unspecified atom stereocenters. The second kappa shape index (κ2) is 4.04. The van der Waals surface area contributed by atoms with Crippen molar-refractivity contribution < 1.29 is 0 Å². The SMILES string of the molecule is CC(C)N1CCc2[nH]c3c(Cl)cccc3c2C1. The molecular formula is C14H17ClN2. The van der Waals surface area contributed by atoms with Crippen LogP contribution in [0.5, 0.6) is 0 Å². The van der Waals surface area contributed by atoms with Crippen LogP contribution in [0.1, 0.15) is 25.1 Å². The summed E-state index contributed by atoms with van der Waals surface area (Å²) in [6.45, 7) is 6.68. The van der Waals surface area contributed by atoms with Gasteiger partial charge in [0.05, 0.1) is 10.5 Å². The third-order valence-electron chi connectivity index (χ3n) is 3.72. The first kappa shape index (κ1) is 11.1. The summed E-state index contributed by atoms with van der Waals surface area (Å²) in [6.07, 6.45) is 1.10. The summed E-state index contributed by atoms with van der Waals surface area (Å²) in [5, 5.41) is 2.12. The van der Waals surface area contributed by atoms with Crippen molar-refractivity contribution in [1.82, 2.24) is 9.88 Å². The Hall–Kier alpha value is -0.990. The number of nitrogens with one attached hydrogen (secondary N) is 1. The van der Waals surface area contributed by atoms with Gasteiger partial charge in [0.15, 0.2) is 0 Å². The third kappa shape index (κ3) is 1.76. The topological polar surface area (TPSA) is 19.0 Å². The summed E-state index contributed by atoms with van der Waals surface area (Å²) in [5.41, 5.74) is 3.90. The highest BCUT2D eigenvalue weighted by Crippen LogP contribution is 2.31. The highest BCUT2D eigenvalue weighted by molar-refractivity contribution is 6.35. The summed E-state index contributed by atoms with van der Waals surface area (Å²) in [5.74, 6) is 0. The molecule has 0 aliphatic carbocycles. The van der Waals surface area contributed by atoms with Crippen LogP contribution in [0.25, 0.3) is 10.9 Å². The summed E-state index contributed by atoms with van der Waals surface area (Å²) in [7, 11) is 0. The fraction of sp³-hybridized carbons (Fsp3) is 0.429. The average Bonchev–Trinajstić information content (AvgIpc) is 2.68. The van der Waals surface area contributed by atoms with Crippen molar-refractivity contribution in [2.45, 2.75) is 32.9 Å². The molecule has 90 valence electrons. The normalized spacial score (nSPS) is 16.7. The van der Waals surface area contributed by atoms with Crippen LogP contribution in [0, 0.1) is 0 Å². The number of H-pyrrole nitrogens is 1. The van der Waals surface area contributed by atoms with Crippen molar-refractivity contribution in [2.75, 3.05) is 6.54 Å². The molecule has 17 heavy (non-hydrogen) atoms. The minimum Gasteiger partial charge on any atom is -0.357 e. The number of nitrogens with zero attached hydrogens (tertiary/aromatic N) is 1. The number of aromatic nitrogens is 1. The summed E-state index contributed by atoms with van der Waals surface area (Å²) in [4.78, 5) is 6.00. The van der Waals surface area contributed by atoms with Gasteiger partial charge in [-0.2, -0.15) is 0 Å². The standard InChI is InChI=1S/C14H17ClN2/c1-9(2)17-7-6-13-11(8-17)10-4-3-5-12(15)14(10)16-13/h3-5,9,16H,6-8H2,1-2H3. The second-order valence-corrected chi connectivity index (χ2v) is 5.47. The minimum absolute atomic E-state index is 0.604.